The Kier molecular flexibility index (Phi) is 4.87. The Balaban J connectivity index is 1.54. The molecule has 3 rings (SSSR count). The molecular formula is C16H22N6O. The monoisotopic (exact) mass is 314 g/mol. The highest BCUT2D eigenvalue weighted by molar-refractivity contribution is 5.49. The summed E-state index contributed by atoms with van der Waals surface area (Å²) in [5, 5.41) is 6.66. The van der Waals surface area contributed by atoms with E-state index in [0.717, 1.165) is 48.9 Å². The number of rotatable bonds is 6. The highest BCUT2D eigenvalue weighted by Crippen LogP contribution is 2.25. The molecule has 7 nitrogen and oxygen atoms in total. The molecule has 1 saturated heterocycles. The van der Waals surface area contributed by atoms with Gasteiger partial charge in [0.1, 0.15) is 5.82 Å². The van der Waals surface area contributed by atoms with E-state index in [4.69, 9.17) is 10.5 Å². The van der Waals surface area contributed by atoms with E-state index in [0.29, 0.717) is 18.5 Å². The summed E-state index contributed by atoms with van der Waals surface area (Å²) >= 11 is 0. The molecule has 122 valence electrons. The largest absolute Gasteiger partial charge is 0.383 e. The van der Waals surface area contributed by atoms with Gasteiger partial charge in [0.2, 0.25) is 5.95 Å². The van der Waals surface area contributed by atoms with Crippen molar-refractivity contribution in [2.75, 3.05) is 42.7 Å². The molecule has 3 heterocycles. The van der Waals surface area contributed by atoms with Crippen LogP contribution in [-0.4, -0.2) is 41.3 Å². The van der Waals surface area contributed by atoms with E-state index >= 15 is 0 Å². The molecule has 1 aliphatic heterocycles. The highest BCUT2D eigenvalue weighted by atomic mass is 16.5. The van der Waals surface area contributed by atoms with Crippen LogP contribution in [0.2, 0.25) is 0 Å². The number of pyridine rings is 1. The number of nitrogens with two attached hydrogens (primary N) is 1. The van der Waals surface area contributed by atoms with Crippen LogP contribution in [0.15, 0.2) is 24.5 Å². The lowest BCUT2D eigenvalue weighted by molar-refractivity contribution is 0.193. The van der Waals surface area contributed by atoms with Gasteiger partial charge in [-0.2, -0.15) is 4.98 Å². The first kappa shape index (κ1) is 15.5. The number of hydrogen-bond donors (Lipinski definition) is 3. The van der Waals surface area contributed by atoms with Gasteiger partial charge in [0.15, 0.2) is 0 Å². The van der Waals surface area contributed by atoms with E-state index in [2.05, 4.69) is 25.6 Å². The van der Waals surface area contributed by atoms with Crippen molar-refractivity contribution in [3.8, 4) is 0 Å². The third-order valence-corrected chi connectivity index (χ3v) is 3.88. The molecule has 7 heteroatoms. The minimum absolute atomic E-state index is 0.301. The van der Waals surface area contributed by atoms with Crippen molar-refractivity contribution in [2.24, 2.45) is 0 Å². The fourth-order valence-corrected chi connectivity index (χ4v) is 2.61. The SMILES string of the molecule is Cc1cnccc1NCCNc1cc(C2CCOC2)nc(N)n1. The van der Waals surface area contributed by atoms with Gasteiger partial charge < -0.3 is 21.1 Å². The van der Waals surface area contributed by atoms with Gasteiger partial charge in [-0.25, -0.2) is 4.98 Å². The number of aryl methyl sites for hydroxylation is 1. The molecule has 4 N–H and O–H groups in total. The van der Waals surface area contributed by atoms with E-state index in [-0.39, 0.29) is 0 Å². The first-order valence-electron chi connectivity index (χ1n) is 7.83. The number of nitrogens with one attached hydrogen (secondary N) is 2. The van der Waals surface area contributed by atoms with Gasteiger partial charge >= 0.3 is 0 Å². The zero-order chi connectivity index (χ0) is 16.1. The van der Waals surface area contributed by atoms with E-state index < -0.39 is 0 Å². The lowest BCUT2D eigenvalue weighted by Crippen LogP contribution is -2.16. The summed E-state index contributed by atoms with van der Waals surface area (Å²) in [6, 6.07) is 3.93. The number of ether oxygens (including phenoxy) is 1. The quantitative estimate of drug-likeness (QED) is 0.699. The van der Waals surface area contributed by atoms with Gasteiger partial charge in [-0.1, -0.05) is 0 Å². The minimum atomic E-state index is 0.301. The van der Waals surface area contributed by atoms with Crippen LogP contribution in [0.5, 0.6) is 0 Å². The summed E-state index contributed by atoms with van der Waals surface area (Å²) in [5.41, 5.74) is 8.99. The van der Waals surface area contributed by atoms with Crippen LogP contribution in [-0.2, 0) is 4.74 Å². The summed E-state index contributed by atoms with van der Waals surface area (Å²) < 4.78 is 5.41. The highest BCUT2D eigenvalue weighted by Gasteiger charge is 2.20. The predicted octanol–water partition coefficient (Wildman–Crippen LogP) is 1.79. The maximum Gasteiger partial charge on any atom is 0.222 e. The van der Waals surface area contributed by atoms with E-state index in [1.807, 2.05) is 25.3 Å². The Hall–Kier alpha value is -2.41. The van der Waals surface area contributed by atoms with Crippen molar-refractivity contribution in [1.29, 1.82) is 0 Å². The lowest BCUT2D eigenvalue weighted by atomic mass is 10.0. The molecule has 1 fully saturated rings. The summed E-state index contributed by atoms with van der Waals surface area (Å²) in [7, 11) is 0. The number of anilines is 3. The Morgan fingerprint density at radius 1 is 1.30 bits per heavy atom. The van der Waals surface area contributed by atoms with E-state index in [1.165, 1.54) is 0 Å². The van der Waals surface area contributed by atoms with Crippen molar-refractivity contribution in [3.05, 3.63) is 35.8 Å². The Morgan fingerprint density at radius 2 is 2.17 bits per heavy atom. The molecule has 0 amide bonds. The fourth-order valence-electron chi connectivity index (χ4n) is 2.61. The van der Waals surface area contributed by atoms with Crippen LogP contribution < -0.4 is 16.4 Å². The third kappa shape index (κ3) is 4.07. The molecule has 23 heavy (non-hydrogen) atoms. The van der Waals surface area contributed by atoms with Crippen LogP contribution in [0.25, 0.3) is 0 Å². The number of aromatic nitrogens is 3. The average molecular weight is 314 g/mol. The molecule has 0 aliphatic carbocycles. The summed E-state index contributed by atoms with van der Waals surface area (Å²) in [4.78, 5) is 12.7. The molecule has 1 unspecified atom stereocenters. The lowest BCUT2D eigenvalue weighted by Gasteiger charge is -2.12. The summed E-state index contributed by atoms with van der Waals surface area (Å²) in [5.74, 6) is 1.38. The molecule has 2 aromatic rings. The zero-order valence-corrected chi connectivity index (χ0v) is 13.2. The van der Waals surface area contributed by atoms with E-state index in [9.17, 15) is 0 Å². The second kappa shape index (κ2) is 7.23. The zero-order valence-electron chi connectivity index (χ0n) is 13.2. The Bertz CT molecular complexity index is 657. The summed E-state index contributed by atoms with van der Waals surface area (Å²) in [6.45, 7) is 5.03. The topological polar surface area (TPSA) is 98.0 Å². The molecular weight excluding hydrogens is 292 g/mol. The number of hydrogen-bond acceptors (Lipinski definition) is 7. The normalized spacial score (nSPS) is 17.2. The number of nitrogens with zero attached hydrogens (tertiary/aromatic N) is 3. The predicted molar refractivity (Wildman–Crippen MR) is 90.6 cm³/mol. The molecule has 2 aromatic heterocycles. The number of nitrogen functional groups attached to an aromatic ring is 1. The van der Waals surface area contributed by atoms with Crippen LogP contribution in [0.1, 0.15) is 23.6 Å². The van der Waals surface area contributed by atoms with Gasteiger partial charge in [-0.05, 0) is 25.0 Å². The van der Waals surface area contributed by atoms with Crippen molar-refractivity contribution in [3.63, 3.8) is 0 Å². The average Bonchev–Trinajstić information content (AvgIpc) is 3.07. The first-order chi connectivity index (χ1) is 11.2. The van der Waals surface area contributed by atoms with Crippen molar-refractivity contribution in [1.82, 2.24) is 15.0 Å². The molecule has 0 radical (unpaired) electrons. The van der Waals surface area contributed by atoms with Crippen molar-refractivity contribution >= 4 is 17.5 Å². The maximum atomic E-state index is 5.82. The maximum absolute atomic E-state index is 5.82. The first-order valence-corrected chi connectivity index (χ1v) is 7.83. The van der Waals surface area contributed by atoms with Gasteiger partial charge in [0.25, 0.3) is 0 Å². The Morgan fingerprint density at radius 3 is 2.96 bits per heavy atom. The standard InChI is InChI=1S/C16H22N6O/c1-11-9-18-4-2-13(11)19-5-6-20-15-8-14(21-16(17)22-15)12-3-7-23-10-12/h2,4,8-9,12H,3,5-7,10H2,1H3,(H,18,19)(H3,17,20,21,22). The summed E-state index contributed by atoms with van der Waals surface area (Å²) in [6.07, 6.45) is 4.61. The molecule has 0 saturated carbocycles. The second-order valence-corrected chi connectivity index (χ2v) is 5.64. The van der Waals surface area contributed by atoms with Crippen LogP contribution in [0.3, 0.4) is 0 Å². The van der Waals surface area contributed by atoms with Gasteiger partial charge in [-0.15, -0.1) is 0 Å². The molecule has 1 aliphatic rings. The van der Waals surface area contributed by atoms with E-state index in [1.54, 1.807) is 6.20 Å². The second-order valence-electron chi connectivity index (χ2n) is 5.64. The fraction of sp³-hybridized carbons (Fsp3) is 0.438. The van der Waals surface area contributed by atoms with Gasteiger partial charge in [0.05, 0.1) is 12.3 Å². The van der Waals surface area contributed by atoms with Crippen LogP contribution >= 0.6 is 0 Å². The molecule has 0 spiro atoms. The van der Waals surface area contributed by atoms with Crippen LogP contribution in [0.4, 0.5) is 17.5 Å². The van der Waals surface area contributed by atoms with Crippen LogP contribution in [0, 0.1) is 6.92 Å². The minimum Gasteiger partial charge on any atom is -0.383 e. The smallest absolute Gasteiger partial charge is 0.222 e. The Labute approximate surface area is 135 Å². The molecule has 1 atom stereocenters. The van der Waals surface area contributed by atoms with Gasteiger partial charge in [0, 0.05) is 49.8 Å². The molecule has 0 aromatic carbocycles. The van der Waals surface area contributed by atoms with Gasteiger partial charge in [-0.3, -0.25) is 4.98 Å². The third-order valence-electron chi connectivity index (χ3n) is 3.88. The van der Waals surface area contributed by atoms with Crippen molar-refractivity contribution < 1.29 is 4.74 Å². The van der Waals surface area contributed by atoms with Crippen molar-refractivity contribution in [2.45, 2.75) is 19.3 Å². The molecule has 0 bridgehead atoms.